The highest BCUT2D eigenvalue weighted by molar-refractivity contribution is 5.20. The predicted molar refractivity (Wildman–Crippen MR) is 67.8 cm³/mol. The van der Waals surface area contributed by atoms with E-state index in [9.17, 15) is 8.78 Å². The van der Waals surface area contributed by atoms with Crippen molar-refractivity contribution >= 4 is 0 Å². The molecular formula is C14H19F2NO2. The highest BCUT2D eigenvalue weighted by Crippen LogP contribution is 2.29. The van der Waals surface area contributed by atoms with Gasteiger partial charge in [0.05, 0.1) is 5.60 Å². The Hall–Kier alpha value is -1.04. The molecule has 1 atom stereocenters. The van der Waals surface area contributed by atoms with Crippen molar-refractivity contribution < 1.29 is 18.3 Å². The smallest absolute Gasteiger partial charge is 0.126 e. The summed E-state index contributed by atoms with van der Waals surface area (Å²) in [6, 6.07) is 3.03. The second-order valence-corrected chi connectivity index (χ2v) is 4.93. The van der Waals surface area contributed by atoms with E-state index in [2.05, 4.69) is 0 Å². The maximum absolute atomic E-state index is 13.6. The molecule has 2 rings (SSSR count). The van der Waals surface area contributed by atoms with Gasteiger partial charge in [0.25, 0.3) is 0 Å². The second-order valence-electron chi connectivity index (χ2n) is 4.93. The normalized spacial score (nSPS) is 20.2. The van der Waals surface area contributed by atoms with Crippen LogP contribution in [0, 0.1) is 11.6 Å². The third kappa shape index (κ3) is 3.11. The summed E-state index contributed by atoms with van der Waals surface area (Å²) in [5, 5.41) is 0. The highest BCUT2D eigenvalue weighted by atomic mass is 19.1. The van der Waals surface area contributed by atoms with Crippen LogP contribution < -0.4 is 5.73 Å². The molecule has 1 fully saturated rings. The molecule has 1 heterocycles. The van der Waals surface area contributed by atoms with E-state index in [1.807, 2.05) is 0 Å². The van der Waals surface area contributed by atoms with Crippen molar-refractivity contribution in [1.82, 2.24) is 0 Å². The summed E-state index contributed by atoms with van der Waals surface area (Å²) < 4.78 is 37.7. The average Bonchev–Trinajstić information content (AvgIpc) is 2.43. The van der Waals surface area contributed by atoms with E-state index in [1.54, 1.807) is 7.11 Å². The topological polar surface area (TPSA) is 44.5 Å². The lowest BCUT2D eigenvalue weighted by Crippen LogP contribution is -2.54. The van der Waals surface area contributed by atoms with Gasteiger partial charge in [-0.3, -0.25) is 0 Å². The van der Waals surface area contributed by atoms with E-state index < -0.39 is 23.3 Å². The van der Waals surface area contributed by atoms with Crippen LogP contribution in [0.5, 0.6) is 0 Å². The largest absolute Gasteiger partial charge is 0.381 e. The van der Waals surface area contributed by atoms with Gasteiger partial charge in [-0.15, -0.1) is 0 Å². The number of halogens is 2. The molecule has 1 saturated heterocycles. The van der Waals surface area contributed by atoms with Crippen LogP contribution in [0.1, 0.15) is 18.4 Å². The summed E-state index contributed by atoms with van der Waals surface area (Å²) in [6.07, 6.45) is 1.58. The van der Waals surface area contributed by atoms with Crippen LogP contribution in [0.25, 0.3) is 0 Å². The summed E-state index contributed by atoms with van der Waals surface area (Å²) in [7, 11) is 1.60. The van der Waals surface area contributed by atoms with E-state index in [1.165, 1.54) is 6.07 Å². The fraction of sp³-hybridized carbons (Fsp3) is 0.571. The average molecular weight is 271 g/mol. The first kappa shape index (κ1) is 14.4. The molecule has 2 N–H and O–H groups in total. The molecule has 0 aliphatic carbocycles. The van der Waals surface area contributed by atoms with Crippen LogP contribution >= 0.6 is 0 Å². The Morgan fingerprint density at radius 1 is 1.37 bits per heavy atom. The van der Waals surface area contributed by atoms with Crippen molar-refractivity contribution in [1.29, 1.82) is 0 Å². The molecule has 1 aromatic rings. The zero-order chi connectivity index (χ0) is 13.9. The molecule has 5 heteroatoms. The Bertz CT molecular complexity index is 433. The Morgan fingerprint density at radius 3 is 2.68 bits per heavy atom. The second kappa shape index (κ2) is 5.94. The van der Waals surface area contributed by atoms with Crippen LogP contribution in [0.3, 0.4) is 0 Å². The Morgan fingerprint density at radius 2 is 2.05 bits per heavy atom. The maximum Gasteiger partial charge on any atom is 0.126 e. The van der Waals surface area contributed by atoms with Gasteiger partial charge in [-0.2, -0.15) is 0 Å². The highest BCUT2D eigenvalue weighted by Gasteiger charge is 2.38. The molecule has 19 heavy (non-hydrogen) atoms. The van der Waals surface area contributed by atoms with Crippen molar-refractivity contribution in [3.05, 3.63) is 35.4 Å². The van der Waals surface area contributed by atoms with Crippen molar-refractivity contribution in [3.8, 4) is 0 Å². The van der Waals surface area contributed by atoms with E-state index in [-0.39, 0.29) is 12.0 Å². The molecule has 0 bridgehead atoms. The zero-order valence-electron chi connectivity index (χ0n) is 11.0. The minimum absolute atomic E-state index is 0.247. The lowest BCUT2D eigenvalue weighted by molar-refractivity contribution is -0.103. The predicted octanol–water partition coefficient (Wildman–Crippen LogP) is 2.03. The maximum atomic E-state index is 13.6. The number of rotatable bonds is 4. The third-order valence-electron chi connectivity index (χ3n) is 3.87. The first-order valence-corrected chi connectivity index (χ1v) is 6.40. The van der Waals surface area contributed by atoms with Crippen LogP contribution in [0.15, 0.2) is 18.2 Å². The van der Waals surface area contributed by atoms with E-state index in [0.29, 0.717) is 26.1 Å². The Labute approximate surface area is 111 Å². The van der Waals surface area contributed by atoms with E-state index in [0.717, 1.165) is 12.1 Å². The molecule has 1 aromatic carbocycles. The minimum Gasteiger partial charge on any atom is -0.381 e. The zero-order valence-corrected chi connectivity index (χ0v) is 11.0. The van der Waals surface area contributed by atoms with Crippen molar-refractivity contribution in [3.63, 3.8) is 0 Å². The lowest BCUT2D eigenvalue weighted by Gasteiger charge is -2.40. The number of hydrogen-bond donors (Lipinski definition) is 1. The standard InChI is InChI=1S/C14H19F2NO2/c1-18-14(4-6-19-7-5-14)13(17)9-10-8-11(15)2-3-12(10)16/h2-3,8,13H,4-7,9,17H2,1H3. The van der Waals surface area contributed by atoms with Crippen LogP contribution in [-0.4, -0.2) is 32.0 Å². The molecule has 3 nitrogen and oxygen atoms in total. The number of ether oxygens (including phenoxy) is 2. The quantitative estimate of drug-likeness (QED) is 0.911. The number of hydrogen-bond acceptors (Lipinski definition) is 3. The van der Waals surface area contributed by atoms with Crippen molar-refractivity contribution in [2.75, 3.05) is 20.3 Å². The number of benzene rings is 1. The van der Waals surface area contributed by atoms with Gasteiger partial charge in [-0.05, 0) is 30.2 Å². The van der Waals surface area contributed by atoms with Gasteiger partial charge in [-0.25, -0.2) is 8.78 Å². The molecule has 1 aliphatic heterocycles. The van der Waals surface area contributed by atoms with Gasteiger partial charge in [0.1, 0.15) is 11.6 Å². The van der Waals surface area contributed by atoms with Gasteiger partial charge >= 0.3 is 0 Å². The van der Waals surface area contributed by atoms with E-state index >= 15 is 0 Å². The third-order valence-corrected chi connectivity index (χ3v) is 3.87. The number of nitrogens with two attached hydrogens (primary N) is 1. The van der Waals surface area contributed by atoms with Gasteiger partial charge < -0.3 is 15.2 Å². The first-order valence-electron chi connectivity index (χ1n) is 6.40. The molecule has 1 aliphatic rings. The summed E-state index contributed by atoms with van der Waals surface area (Å²) in [4.78, 5) is 0. The lowest BCUT2D eigenvalue weighted by atomic mass is 9.83. The molecule has 1 unspecified atom stereocenters. The van der Waals surface area contributed by atoms with Crippen LogP contribution in [0.2, 0.25) is 0 Å². The van der Waals surface area contributed by atoms with Crippen molar-refractivity contribution in [2.45, 2.75) is 30.9 Å². The molecule has 0 saturated carbocycles. The van der Waals surface area contributed by atoms with Gasteiger partial charge in [0, 0.05) is 39.2 Å². The molecule has 0 spiro atoms. The van der Waals surface area contributed by atoms with Gasteiger partial charge in [0.15, 0.2) is 0 Å². The molecular weight excluding hydrogens is 252 g/mol. The molecule has 0 amide bonds. The fourth-order valence-electron chi connectivity index (χ4n) is 2.57. The molecule has 0 aromatic heterocycles. The van der Waals surface area contributed by atoms with Gasteiger partial charge in [0.2, 0.25) is 0 Å². The minimum atomic E-state index is -0.517. The Kier molecular flexibility index (Phi) is 4.50. The Balaban J connectivity index is 2.14. The SMILES string of the molecule is COC1(C(N)Cc2cc(F)ccc2F)CCOCC1. The van der Waals surface area contributed by atoms with Gasteiger partial charge in [-0.1, -0.05) is 0 Å². The first-order chi connectivity index (χ1) is 9.07. The summed E-state index contributed by atoms with van der Waals surface area (Å²) >= 11 is 0. The monoisotopic (exact) mass is 271 g/mol. The van der Waals surface area contributed by atoms with Crippen LogP contribution in [0.4, 0.5) is 8.78 Å². The van der Waals surface area contributed by atoms with Crippen molar-refractivity contribution in [2.24, 2.45) is 5.73 Å². The molecule has 0 radical (unpaired) electrons. The summed E-state index contributed by atoms with van der Waals surface area (Å²) in [6.45, 7) is 1.15. The number of methoxy groups -OCH3 is 1. The fourth-order valence-corrected chi connectivity index (χ4v) is 2.57. The molecule has 106 valence electrons. The van der Waals surface area contributed by atoms with E-state index in [4.69, 9.17) is 15.2 Å². The summed E-state index contributed by atoms with van der Waals surface area (Å²) in [5.74, 6) is -0.891. The summed E-state index contributed by atoms with van der Waals surface area (Å²) in [5.41, 5.74) is 5.95. The van der Waals surface area contributed by atoms with Crippen LogP contribution in [-0.2, 0) is 15.9 Å².